The third kappa shape index (κ3) is 3.94. The highest BCUT2D eigenvalue weighted by atomic mass is 32.2. The van der Waals surface area contributed by atoms with Crippen LogP contribution in [0.15, 0.2) is 24.3 Å². The summed E-state index contributed by atoms with van der Waals surface area (Å²) >= 11 is 0. The van der Waals surface area contributed by atoms with Crippen LogP contribution in [0.4, 0.5) is 0 Å². The molecule has 1 aliphatic heterocycles. The Hall–Kier alpha value is -1.11. The van der Waals surface area contributed by atoms with Crippen LogP contribution in [0.3, 0.4) is 0 Å². The first-order chi connectivity index (χ1) is 9.49. The lowest BCUT2D eigenvalue weighted by molar-refractivity contribution is 0.293. The van der Waals surface area contributed by atoms with Gasteiger partial charge in [0.1, 0.15) is 12.4 Å². The quantitative estimate of drug-likeness (QED) is 0.887. The van der Waals surface area contributed by atoms with Crippen LogP contribution in [0.5, 0.6) is 5.75 Å². The van der Waals surface area contributed by atoms with E-state index in [1.165, 1.54) is 4.31 Å². The molecule has 0 saturated carbocycles. The molecule has 1 heterocycles. The Morgan fingerprint density at radius 3 is 2.85 bits per heavy atom. The smallest absolute Gasteiger partial charge is 0.215 e. The Morgan fingerprint density at radius 2 is 2.10 bits per heavy atom. The van der Waals surface area contributed by atoms with Gasteiger partial charge in [-0.25, -0.2) is 8.42 Å². The zero-order valence-electron chi connectivity index (χ0n) is 12.0. The molecule has 1 aromatic carbocycles. The SMILES string of the molecule is CC(C)NCCS(=O)(=O)N1CCOc2ccccc2C1. The molecule has 6 heteroatoms. The van der Waals surface area contributed by atoms with Gasteiger partial charge in [0.25, 0.3) is 0 Å². The fraction of sp³-hybridized carbons (Fsp3) is 0.571. The van der Waals surface area contributed by atoms with Crippen molar-refractivity contribution in [3.05, 3.63) is 29.8 Å². The monoisotopic (exact) mass is 298 g/mol. The zero-order chi connectivity index (χ0) is 14.6. The van der Waals surface area contributed by atoms with Crippen LogP contribution in [-0.4, -0.2) is 44.2 Å². The average Bonchev–Trinajstić information content (AvgIpc) is 2.60. The van der Waals surface area contributed by atoms with Gasteiger partial charge in [0.2, 0.25) is 10.0 Å². The van der Waals surface area contributed by atoms with Crippen molar-refractivity contribution in [2.75, 3.05) is 25.4 Å². The molecule has 0 saturated heterocycles. The molecule has 5 nitrogen and oxygen atoms in total. The Balaban J connectivity index is 2.05. The van der Waals surface area contributed by atoms with Crippen molar-refractivity contribution < 1.29 is 13.2 Å². The van der Waals surface area contributed by atoms with E-state index in [-0.39, 0.29) is 5.75 Å². The molecule has 0 aromatic heterocycles. The number of nitrogens with zero attached hydrogens (tertiary/aromatic N) is 1. The lowest BCUT2D eigenvalue weighted by Gasteiger charge is -2.20. The number of fused-ring (bicyclic) bond motifs is 1. The van der Waals surface area contributed by atoms with E-state index in [0.29, 0.717) is 32.3 Å². The number of rotatable bonds is 5. The van der Waals surface area contributed by atoms with E-state index in [0.717, 1.165) is 11.3 Å². The number of hydrogen-bond donors (Lipinski definition) is 1. The molecule has 20 heavy (non-hydrogen) atoms. The van der Waals surface area contributed by atoms with Crippen molar-refractivity contribution in [2.45, 2.75) is 26.4 Å². The van der Waals surface area contributed by atoms with Gasteiger partial charge in [0.05, 0.1) is 5.75 Å². The molecule has 0 fully saturated rings. The van der Waals surface area contributed by atoms with Crippen molar-refractivity contribution in [1.82, 2.24) is 9.62 Å². The van der Waals surface area contributed by atoms with E-state index >= 15 is 0 Å². The molecule has 0 aliphatic carbocycles. The van der Waals surface area contributed by atoms with Gasteiger partial charge in [-0.1, -0.05) is 32.0 Å². The lowest BCUT2D eigenvalue weighted by atomic mass is 10.2. The highest BCUT2D eigenvalue weighted by Gasteiger charge is 2.25. The predicted octanol–water partition coefficient (Wildman–Crippen LogP) is 1.21. The molecule has 0 amide bonds. The first-order valence-corrected chi connectivity index (χ1v) is 8.52. The normalized spacial score (nSPS) is 16.6. The maximum Gasteiger partial charge on any atom is 0.215 e. The summed E-state index contributed by atoms with van der Waals surface area (Å²) in [6.07, 6.45) is 0. The van der Waals surface area contributed by atoms with Crippen LogP contribution in [0.25, 0.3) is 0 Å². The molecule has 0 spiro atoms. The predicted molar refractivity (Wildman–Crippen MR) is 79.3 cm³/mol. The van der Waals surface area contributed by atoms with Crippen molar-refractivity contribution >= 4 is 10.0 Å². The summed E-state index contributed by atoms with van der Waals surface area (Å²) in [6, 6.07) is 7.88. The molecule has 0 bridgehead atoms. The molecule has 1 aliphatic rings. The van der Waals surface area contributed by atoms with Gasteiger partial charge in [-0.05, 0) is 6.07 Å². The van der Waals surface area contributed by atoms with Crippen LogP contribution in [0, 0.1) is 0 Å². The number of benzene rings is 1. The van der Waals surface area contributed by atoms with Gasteiger partial charge in [-0.2, -0.15) is 4.31 Å². The number of hydrogen-bond acceptors (Lipinski definition) is 4. The molecule has 2 rings (SSSR count). The Kier molecular flexibility index (Phi) is 5.01. The van der Waals surface area contributed by atoms with Crippen molar-refractivity contribution in [3.63, 3.8) is 0 Å². The highest BCUT2D eigenvalue weighted by molar-refractivity contribution is 7.89. The number of para-hydroxylation sites is 1. The third-order valence-corrected chi connectivity index (χ3v) is 5.04. The minimum atomic E-state index is -3.25. The summed E-state index contributed by atoms with van der Waals surface area (Å²) in [6.45, 7) is 5.66. The van der Waals surface area contributed by atoms with Gasteiger partial charge < -0.3 is 10.1 Å². The van der Waals surface area contributed by atoms with Crippen LogP contribution < -0.4 is 10.1 Å². The van der Waals surface area contributed by atoms with Gasteiger partial charge in [0, 0.05) is 31.2 Å². The Labute approximate surface area is 121 Å². The number of ether oxygens (including phenoxy) is 1. The molecule has 0 radical (unpaired) electrons. The number of sulfonamides is 1. The standard InChI is InChI=1S/C14H22N2O3S/c1-12(2)15-7-10-20(17,18)16-8-9-19-14-6-4-3-5-13(14)11-16/h3-6,12,15H,7-11H2,1-2H3. The van der Waals surface area contributed by atoms with E-state index < -0.39 is 10.0 Å². The second-order valence-electron chi connectivity index (χ2n) is 5.21. The van der Waals surface area contributed by atoms with Crippen molar-refractivity contribution in [1.29, 1.82) is 0 Å². The minimum Gasteiger partial charge on any atom is -0.492 e. The van der Waals surface area contributed by atoms with E-state index in [1.54, 1.807) is 0 Å². The third-order valence-electron chi connectivity index (χ3n) is 3.22. The molecular formula is C14H22N2O3S. The summed E-state index contributed by atoms with van der Waals surface area (Å²) < 4.78 is 31.8. The summed E-state index contributed by atoms with van der Waals surface area (Å²) in [5.74, 6) is 0.901. The van der Waals surface area contributed by atoms with E-state index in [1.807, 2.05) is 38.1 Å². The second-order valence-corrected chi connectivity index (χ2v) is 7.30. The largest absolute Gasteiger partial charge is 0.492 e. The lowest BCUT2D eigenvalue weighted by Crippen LogP contribution is -2.38. The van der Waals surface area contributed by atoms with Gasteiger partial charge >= 0.3 is 0 Å². The second kappa shape index (κ2) is 6.56. The maximum atomic E-state index is 12.4. The maximum absolute atomic E-state index is 12.4. The van der Waals surface area contributed by atoms with Crippen LogP contribution in [0.1, 0.15) is 19.4 Å². The van der Waals surface area contributed by atoms with E-state index in [4.69, 9.17) is 4.74 Å². The van der Waals surface area contributed by atoms with Gasteiger partial charge in [-0.3, -0.25) is 0 Å². The van der Waals surface area contributed by atoms with Crippen LogP contribution >= 0.6 is 0 Å². The molecule has 0 unspecified atom stereocenters. The summed E-state index contributed by atoms with van der Waals surface area (Å²) in [4.78, 5) is 0. The van der Waals surface area contributed by atoms with Crippen LogP contribution in [-0.2, 0) is 16.6 Å². The molecule has 1 N–H and O–H groups in total. The summed E-state index contributed by atoms with van der Waals surface area (Å²) in [5, 5.41) is 3.14. The summed E-state index contributed by atoms with van der Waals surface area (Å²) in [7, 11) is -3.25. The molecule has 112 valence electrons. The first kappa shape index (κ1) is 15.3. The van der Waals surface area contributed by atoms with Crippen molar-refractivity contribution in [3.8, 4) is 5.75 Å². The zero-order valence-corrected chi connectivity index (χ0v) is 12.8. The first-order valence-electron chi connectivity index (χ1n) is 6.91. The fourth-order valence-electron chi connectivity index (χ4n) is 2.14. The summed E-state index contributed by atoms with van der Waals surface area (Å²) in [5.41, 5.74) is 0.922. The molecule has 0 atom stereocenters. The number of nitrogens with one attached hydrogen (secondary N) is 1. The van der Waals surface area contributed by atoms with E-state index in [9.17, 15) is 8.42 Å². The van der Waals surface area contributed by atoms with E-state index in [2.05, 4.69) is 5.32 Å². The average molecular weight is 298 g/mol. The minimum absolute atomic E-state index is 0.118. The van der Waals surface area contributed by atoms with Gasteiger partial charge in [-0.15, -0.1) is 0 Å². The fourth-order valence-corrected chi connectivity index (χ4v) is 3.47. The van der Waals surface area contributed by atoms with Gasteiger partial charge in [0.15, 0.2) is 0 Å². The van der Waals surface area contributed by atoms with Crippen molar-refractivity contribution in [2.24, 2.45) is 0 Å². The Bertz CT molecular complexity index is 543. The van der Waals surface area contributed by atoms with Crippen LogP contribution in [0.2, 0.25) is 0 Å². The molecule has 1 aromatic rings. The molecular weight excluding hydrogens is 276 g/mol. The Morgan fingerprint density at radius 1 is 1.35 bits per heavy atom. The highest BCUT2D eigenvalue weighted by Crippen LogP contribution is 2.23. The topological polar surface area (TPSA) is 58.6 Å².